The Kier molecular flexibility index (Phi) is 5.81. The minimum Gasteiger partial charge on any atom is -0.450 e. The molecule has 0 N–H and O–H groups in total. The number of benzene rings is 1. The van der Waals surface area contributed by atoms with Gasteiger partial charge in [0.05, 0.1) is 12.5 Å². The summed E-state index contributed by atoms with van der Waals surface area (Å²) in [4.78, 5) is 27.9. The molecule has 1 saturated heterocycles. The number of carbonyl (C=O) groups excluding carboxylic acids is 2. The number of piperazine rings is 1. The van der Waals surface area contributed by atoms with Crippen molar-refractivity contribution in [3.05, 3.63) is 35.9 Å². The normalized spacial score (nSPS) is 16.3. The average Bonchev–Trinajstić information content (AvgIpc) is 2.57. The van der Waals surface area contributed by atoms with E-state index in [-0.39, 0.29) is 17.9 Å². The molecular formula is C17H24N2O3. The SMILES string of the molecule is CCOC(=O)N1CCN(C(=O)[C@@H](CC)c2ccccc2)CC1. The van der Waals surface area contributed by atoms with Crippen molar-refractivity contribution in [3.63, 3.8) is 0 Å². The van der Waals surface area contributed by atoms with E-state index in [0.29, 0.717) is 32.8 Å². The van der Waals surface area contributed by atoms with Crippen LogP contribution in [-0.2, 0) is 9.53 Å². The molecule has 0 saturated carbocycles. The van der Waals surface area contributed by atoms with E-state index in [2.05, 4.69) is 0 Å². The molecular weight excluding hydrogens is 280 g/mol. The van der Waals surface area contributed by atoms with Gasteiger partial charge in [-0.1, -0.05) is 37.3 Å². The van der Waals surface area contributed by atoms with Crippen molar-refractivity contribution in [2.24, 2.45) is 0 Å². The summed E-state index contributed by atoms with van der Waals surface area (Å²) in [5.74, 6) is 0.0487. The van der Waals surface area contributed by atoms with Crippen LogP contribution >= 0.6 is 0 Å². The van der Waals surface area contributed by atoms with Gasteiger partial charge in [0.25, 0.3) is 0 Å². The Morgan fingerprint density at radius 3 is 2.18 bits per heavy atom. The largest absolute Gasteiger partial charge is 0.450 e. The van der Waals surface area contributed by atoms with Gasteiger partial charge in [-0.05, 0) is 18.9 Å². The Balaban J connectivity index is 1.95. The van der Waals surface area contributed by atoms with Gasteiger partial charge in [-0.3, -0.25) is 4.79 Å². The summed E-state index contributed by atoms with van der Waals surface area (Å²) >= 11 is 0. The fourth-order valence-corrected chi connectivity index (χ4v) is 2.78. The lowest BCUT2D eigenvalue weighted by atomic mass is 9.95. The van der Waals surface area contributed by atoms with Gasteiger partial charge < -0.3 is 14.5 Å². The molecule has 1 fully saturated rings. The second kappa shape index (κ2) is 7.82. The second-order valence-corrected chi connectivity index (χ2v) is 5.38. The maximum Gasteiger partial charge on any atom is 0.409 e. The highest BCUT2D eigenvalue weighted by Crippen LogP contribution is 2.22. The van der Waals surface area contributed by atoms with E-state index in [1.807, 2.05) is 42.2 Å². The highest BCUT2D eigenvalue weighted by atomic mass is 16.6. The zero-order valence-electron chi connectivity index (χ0n) is 13.3. The van der Waals surface area contributed by atoms with Crippen LogP contribution in [0.25, 0.3) is 0 Å². The first-order valence-electron chi connectivity index (χ1n) is 7.92. The van der Waals surface area contributed by atoms with Crippen LogP contribution in [0.15, 0.2) is 30.3 Å². The van der Waals surface area contributed by atoms with E-state index in [9.17, 15) is 9.59 Å². The first-order valence-corrected chi connectivity index (χ1v) is 7.92. The molecule has 0 aromatic heterocycles. The van der Waals surface area contributed by atoms with E-state index in [4.69, 9.17) is 4.74 Å². The van der Waals surface area contributed by atoms with E-state index in [1.165, 1.54) is 0 Å². The first-order chi connectivity index (χ1) is 10.7. The van der Waals surface area contributed by atoms with Crippen LogP contribution in [0.5, 0.6) is 0 Å². The molecule has 1 aromatic rings. The summed E-state index contributed by atoms with van der Waals surface area (Å²) in [5, 5.41) is 0. The maximum absolute atomic E-state index is 12.7. The number of nitrogens with zero attached hydrogens (tertiary/aromatic N) is 2. The average molecular weight is 304 g/mol. The van der Waals surface area contributed by atoms with Crippen molar-refractivity contribution < 1.29 is 14.3 Å². The third-order valence-electron chi connectivity index (χ3n) is 4.03. The molecule has 0 radical (unpaired) electrons. The lowest BCUT2D eigenvalue weighted by Crippen LogP contribution is -2.51. The lowest BCUT2D eigenvalue weighted by molar-refractivity contribution is -0.134. The molecule has 22 heavy (non-hydrogen) atoms. The third-order valence-corrected chi connectivity index (χ3v) is 4.03. The molecule has 1 aliphatic rings. The summed E-state index contributed by atoms with van der Waals surface area (Å²) in [7, 11) is 0. The van der Waals surface area contributed by atoms with E-state index >= 15 is 0 Å². The Morgan fingerprint density at radius 1 is 1.05 bits per heavy atom. The number of ether oxygens (including phenoxy) is 1. The van der Waals surface area contributed by atoms with Gasteiger partial charge in [0.15, 0.2) is 0 Å². The molecule has 0 bridgehead atoms. The summed E-state index contributed by atoms with van der Waals surface area (Å²) in [6.45, 7) is 6.42. The minimum atomic E-state index is -0.287. The van der Waals surface area contributed by atoms with Crippen molar-refractivity contribution in [2.75, 3.05) is 32.8 Å². The predicted molar refractivity (Wildman–Crippen MR) is 84.6 cm³/mol. The van der Waals surface area contributed by atoms with Gasteiger partial charge in [0, 0.05) is 26.2 Å². The maximum atomic E-state index is 12.7. The van der Waals surface area contributed by atoms with Crippen LogP contribution in [0.1, 0.15) is 31.7 Å². The molecule has 0 aliphatic carbocycles. The van der Waals surface area contributed by atoms with Crippen LogP contribution in [0.4, 0.5) is 4.79 Å². The predicted octanol–water partition coefficient (Wildman–Crippen LogP) is 2.48. The molecule has 2 amide bonds. The Bertz CT molecular complexity index is 496. The second-order valence-electron chi connectivity index (χ2n) is 5.38. The molecule has 5 heteroatoms. The molecule has 2 rings (SSSR count). The molecule has 1 aromatic carbocycles. The number of carbonyl (C=O) groups is 2. The van der Waals surface area contributed by atoms with Gasteiger partial charge in [-0.15, -0.1) is 0 Å². The van der Waals surface area contributed by atoms with Crippen LogP contribution in [0.3, 0.4) is 0 Å². The Morgan fingerprint density at radius 2 is 1.64 bits per heavy atom. The standard InChI is InChI=1S/C17H24N2O3/c1-3-15(14-8-6-5-7-9-14)16(20)18-10-12-19(13-11-18)17(21)22-4-2/h5-9,15H,3-4,10-13H2,1-2H3/t15-/m0/s1. The van der Waals surface area contributed by atoms with Crippen LogP contribution < -0.4 is 0 Å². The lowest BCUT2D eigenvalue weighted by Gasteiger charge is -2.35. The number of amides is 2. The highest BCUT2D eigenvalue weighted by Gasteiger charge is 2.29. The molecule has 120 valence electrons. The van der Waals surface area contributed by atoms with Crippen molar-refractivity contribution in [1.29, 1.82) is 0 Å². The van der Waals surface area contributed by atoms with Crippen LogP contribution in [0.2, 0.25) is 0 Å². The summed E-state index contributed by atoms with van der Waals surface area (Å²) in [6.07, 6.45) is 0.491. The van der Waals surface area contributed by atoms with Gasteiger partial charge in [-0.2, -0.15) is 0 Å². The summed E-state index contributed by atoms with van der Waals surface area (Å²) < 4.78 is 5.00. The molecule has 1 heterocycles. The number of rotatable bonds is 4. The minimum absolute atomic E-state index is 0.102. The van der Waals surface area contributed by atoms with Crippen molar-refractivity contribution in [2.45, 2.75) is 26.2 Å². The van der Waals surface area contributed by atoms with Gasteiger partial charge in [-0.25, -0.2) is 4.79 Å². The zero-order valence-corrected chi connectivity index (χ0v) is 13.3. The molecule has 1 aliphatic heterocycles. The third kappa shape index (κ3) is 3.78. The summed E-state index contributed by atoms with van der Waals surface area (Å²) in [6, 6.07) is 9.88. The quantitative estimate of drug-likeness (QED) is 0.858. The Hall–Kier alpha value is -2.04. The van der Waals surface area contributed by atoms with Gasteiger partial charge >= 0.3 is 6.09 Å². The Labute approximate surface area is 131 Å². The monoisotopic (exact) mass is 304 g/mol. The number of hydrogen-bond acceptors (Lipinski definition) is 3. The highest BCUT2D eigenvalue weighted by molar-refractivity contribution is 5.84. The van der Waals surface area contributed by atoms with Crippen molar-refractivity contribution in [1.82, 2.24) is 9.80 Å². The molecule has 5 nitrogen and oxygen atoms in total. The van der Waals surface area contributed by atoms with E-state index < -0.39 is 0 Å². The topological polar surface area (TPSA) is 49.9 Å². The molecule has 1 atom stereocenters. The summed E-state index contributed by atoms with van der Waals surface area (Å²) in [5.41, 5.74) is 1.06. The van der Waals surface area contributed by atoms with Crippen molar-refractivity contribution in [3.8, 4) is 0 Å². The van der Waals surface area contributed by atoms with Gasteiger partial charge in [0.2, 0.25) is 5.91 Å². The fraction of sp³-hybridized carbons (Fsp3) is 0.529. The van der Waals surface area contributed by atoms with Crippen LogP contribution in [-0.4, -0.2) is 54.6 Å². The smallest absolute Gasteiger partial charge is 0.409 e. The van der Waals surface area contributed by atoms with Gasteiger partial charge in [0.1, 0.15) is 0 Å². The van der Waals surface area contributed by atoms with E-state index in [1.54, 1.807) is 11.8 Å². The fourth-order valence-electron chi connectivity index (χ4n) is 2.78. The first kappa shape index (κ1) is 16.3. The number of hydrogen-bond donors (Lipinski definition) is 0. The zero-order chi connectivity index (χ0) is 15.9. The molecule has 0 spiro atoms. The van der Waals surface area contributed by atoms with Crippen molar-refractivity contribution >= 4 is 12.0 Å². The van der Waals surface area contributed by atoms with E-state index in [0.717, 1.165) is 12.0 Å². The van der Waals surface area contributed by atoms with Crippen LogP contribution in [0, 0.1) is 0 Å². The molecule has 0 unspecified atom stereocenters.